The topological polar surface area (TPSA) is 93.1 Å². The lowest BCUT2D eigenvalue weighted by atomic mass is 9.93. The van der Waals surface area contributed by atoms with Crippen LogP contribution in [0, 0.1) is 0 Å². The van der Waals surface area contributed by atoms with Crippen LogP contribution in [-0.2, 0) is 32.5 Å². The molecule has 2 atom stereocenters. The van der Waals surface area contributed by atoms with Gasteiger partial charge in [-0.25, -0.2) is 0 Å². The van der Waals surface area contributed by atoms with E-state index in [1.165, 1.54) is 21.0 Å². The van der Waals surface area contributed by atoms with Gasteiger partial charge in [0, 0.05) is 44.3 Å². The van der Waals surface area contributed by atoms with Crippen LogP contribution >= 0.6 is 0 Å². The van der Waals surface area contributed by atoms with Gasteiger partial charge in [0.25, 0.3) is 0 Å². The number of hydrogen-bond donors (Lipinski definition) is 0. The molecule has 3 aromatic carbocycles. The van der Waals surface area contributed by atoms with Crippen molar-refractivity contribution in [1.29, 1.82) is 0 Å². The van der Waals surface area contributed by atoms with Gasteiger partial charge in [-0.1, -0.05) is 24.3 Å². The molecule has 5 rings (SSSR count). The van der Waals surface area contributed by atoms with Crippen molar-refractivity contribution >= 4 is 44.5 Å². The Hall–Kier alpha value is -4.07. The quantitative estimate of drug-likeness (QED) is 0.309. The van der Waals surface area contributed by atoms with Gasteiger partial charge in [0.05, 0.1) is 23.5 Å². The van der Waals surface area contributed by atoms with E-state index in [0.29, 0.717) is 34.2 Å². The smallest absolute Gasteiger partial charge is 0.303 e. The van der Waals surface area contributed by atoms with Crippen molar-refractivity contribution < 1.29 is 28.5 Å². The molecule has 0 radical (unpaired) electrons. The summed E-state index contributed by atoms with van der Waals surface area (Å²) in [5, 5.41) is 3.06. The Labute approximate surface area is 207 Å². The van der Waals surface area contributed by atoms with Crippen molar-refractivity contribution in [1.82, 2.24) is 4.57 Å². The minimum absolute atomic E-state index is 0.130. The van der Waals surface area contributed by atoms with Crippen LogP contribution in [0.1, 0.15) is 26.3 Å². The largest absolute Gasteiger partial charge is 0.496 e. The van der Waals surface area contributed by atoms with E-state index in [9.17, 15) is 14.4 Å². The molecular formula is C28H27NO7. The molecule has 8 nitrogen and oxygen atoms in total. The zero-order valence-electron chi connectivity index (χ0n) is 20.8. The molecule has 0 spiro atoms. The highest BCUT2D eigenvalue weighted by Crippen LogP contribution is 2.43. The Balaban J connectivity index is 1.73. The Bertz CT molecular complexity index is 1620. The molecule has 2 heterocycles. The molecule has 1 aliphatic rings. The molecule has 0 unspecified atom stereocenters. The summed E-state index contributed by atoms with van der Waals surface area (Å²) in [6, 6.07) is 13.5. The highest BCUT2D eigenvalue weighted by Gasteiger charge is 2.45. The summed E-state index contributed by atoms with van der Waals surface area (Å²) in [5.41, 5.74) is 0.911. The van der Waals surface area contributed by atoms with Crippen LogP contribution in [0.2, 0.25) is 0 Å². The second kappa shape index (κ2) is 8.55. The highest BCUT2D eigenvalue weighted by molar-refractivity contribution is 6.04. The average molecular weight is 490 g/mol. The summed E-state index contributed by atoms with van der Waals surface area (Å²) >= 11 is 0. The van der Waals surface area contributed by atoms with Gasteiger partial charge in [0.1, 0.15) is 24.2 Å². The van der Waals surface area contributed by atoms with Gasteiger partial charge >= 0.3 is 11.9 Å². The number of hydrogen-bond acceptors (Lipinski definition) is 7. The first-order valence-corrected chi connectivity index (χ1v) is 11.7. The average Bonchev–Trinajstić information content (AvgIpc) is 3.28. The number of rotatable bonds is 5. The van der Waals surface area contributed by atoms with Crippen LogP contribution in [0.5, 0.6) is 11.5 Å². The number of aromatic nitrogens is 1. The molecule has 0 saturated carbocycles. The number of methoxy groups -OCH3 is 1. The number of ether oxygens (including phenoxy) is 4. The maximum absolute atomic E-state index is 13.8. The third kappa shape index (κ3) is 3.73. The predicted octanol–water partition coefficient (Wildman–Crippen LogP) is 4.04. The summed E-state index contributed by atoms with van der Waals surface area (Å²) < 4.78 is 24.7. The van der Waals surface area contributed by atoms with Gasteiger partial charge in [0.15, 0.2) is 5.60 Å². The first kappa shape index (κ1) is 23.7. The van der Waals surface area contributed by atoms with Gasteiger partial charge in [-0.3, -0.25) is 14.4 Å². The molecule has 0 bridgehead atoms. The van der Waals surface area contributed by atoms with E-state index in [-0.39, 0.29) is 12.0 Å². The molecule has 36 heavy (non-hydrogen) atoms. The number of nitrogens with zero attached hydrogens (tertiary/aromatic N) is 1. The van der Waals surface area contributed by atoms with E-state index in [0.717, 1.165) is 21.9 Å². The second-order valence-electron chi connectivity index (χ2n) is 9.38. The SMILES string of the molecule is COc1cc2c(c3c1c(=O)c1cc4ccccc4cc1n3C)C[C@H]([C@@](C)(COC(C)=O)OC(C)=O)O2. The lowest BCUT2D eigenvalue weighted by molar-refractivity contribution is -0.179. The summed E-state index contributed by atoms with van der Waals surface area (Å²) in [5.74, 6) is -0.0797. The minimum atomic E-state index is -1.23. The van der Waals surface area contributed by atoms with E-state index < -0.39 is 23.6 Å². The number of pyridine rings is 1. The van der Waals surface area contributed by atoms with Crippen LogP contribution in [0.25, 0.3) is 32.6 Å². The van der Waals surface area contributed by atoms with E-state index >= 15 is 0 Å². The normalized spacial score (nSPS) is 16.4. The Morgan fingerprint density at radius 3 is 2.44 bits per heavy atom. The molecule has 4 aromatic rings. The number of carbonyl (C=O) groups is 2. The highest BCUT2D eigenvalue weighted by atomic mass is 16.6. The number of fused-ring (bicyclic) bond motifs is 5. The molecule has 0 aliphatic carbocycles. The number of benzene rings is 3. The molecule has 1 aromatic heterocycles. The lowest BCUT2D eigenvalue weighted by Crippen LogP contribution is -2.50. The van der Waals surface area contributed by atoms with Gasteiger partial charge in [-0.15, -0.1) is 0 Å². The van der Waals surface area contributed by atoms with Crippen LogP contribution in [-0.4, -0.2) is 41.9 Å². The van der Waals surface area contributed by atoms with Crippen molar-refractivity contribution in [3.63, 3.8) is 0 Å². The summed E-state index contributed by atoms with van der Waals surface area (Å²) in [4.78, 5) is 37.2. The summed E-state index contributed by atoms with van der Waals surface area (Å²) in [7, 11) is 3.43. The fraction of sp³-hybridized carbons (Fsp3) is 0.321. The zero-order chi connectivity index (χ0) is 25.8. The van der Waals surface area contributed by atoms with Crippen LogP contribution in [0.15, 0.2) is 47.3 Å². The molecule has 186 valence electrons. The molecular weight excluding hydrogens is 462 g/mol. The van der Waals surface area contributed by atoms with Gasteiger partial charge in [-0.05, 0) is 29.8 Å². The van der Waals surface area contributed by atoms with Crippen molar-refractivity contribution in [3.8, 4) is 11.5 Å². The fourth-order valence-corrected chi connectivity index (χ4v) is 5.14. The molecule has 8 heteroatoms. The van der Waals surface area contributed by atoms with Crippen molar-refractivity contribution in [2.75, 3.05) is 13.7 Å². The molecule has 0 N–H and O–H groups in total. The molecule has 1 aliphatic heterocycles. The number of carbonyl (C=O) groups excluding carboxylic acids is 2. The molecule has 0 saturated heterocycles. The Kier molecular flexibility index (Phi) is 5.62. The van der Waals surface area contributed by atoms with Crippen LogP contribution < -0.4 is 14.9 Å². The van der Waals surface area contributed by atoms with Crippen LogP contribution in [0.4, 0.5) is 0 Å². The van der Waals surface area contributed by atoms with Gasteiger partial charge in [0.2, 0.25) is 5.43 Å². The zero-order valence-corrected chi connectivity index (χ0v) is 20.8. The monoisotopic (exact) mass is 489 g/mol. The Morgan fingerprint density at radius 1 is 1.11 bits per heavy atom. The first-order valence-electron chi connectivity index (χ1n) is 11.7. The van der Waals surface area contributed by atoms with Crippen molar-refractivity contribution in [3.05, 3.63) is 58.3 Å². The number of aryl methyl sites for hydroxylation is 1. The summed E-state index contributed by atoms with van der Waals surface area (Å²) in [6.07, 6.45) is -0.304. The molecule has 0 fully saturated rings. The summed E-state index contributed by atoms with van der Waals surface area (Å²) in [6.45, 7) is 4.10. The van der Waals surface area contributed by atoms with E-state index in [4.69, 9.17) is 18.9 Å². The standard InChI is InChI=1S/C28H27NO7/c1-15(30)34-14-28(3,36-16(2)31)24-12-20-22(35-24)13-23(33-5)25-26(20)29(4)21-11-18-9-7-6-8-17(18)10-19(21)27(25)32/h6-11,13,24H,12,14H2,1-5H3/t24-,28-/m1/s1. The van der Waals surface area contributed by atoms with E-state index in [2.05, 4.69) is 0 Å². The molecule has 0 amide bonds. The fourth-order valence-electron chi connectivity index (χ4n) is 5.14. The van der Waals surface area contributed by atoms with E-state index in [1.54, 1.807) is 13.0 Å². The van der Waals surface area contributed by atoms with Crippen molar-refractivity contribution in [2.45, 2.75) is 38.9 Å². The minimum Gasteiger partial charge on any atom is -0.496 e. The maximum atomic E-state index is 13.8. The Morgan fingerprint density at radius 2 is 1.81 bits per heavy atom. The lowest BCUT2D eigenvalue weighted by Gasteiger charge is -2.33. The van der Waals surface area contributed by atoms with Gasteiger partial charge in [-0.2, -0.15) is 0 Å². The van der Waals surface area contributed by atoms with Crippen molar-refractivity contribution in [2.24, 2.45) is 7.05 Å². The first-order chi connectivity index (χ1) is 17.1. The van der Waals surface area contributed by atoms with Gasteiger partial charge < -0.3 is 23.5 Å². The number of esters is 2. The second-order valence-corrected chi connectivity index (χ2v) is 9.38. The predicted molar refractivity (Wildman–Crippen MR) is 136 cm³/mol. The third-order valence-corrected chi connectivity index (χ3v) is 6.86. The van der Waals surface area contributed by atoms with E-state index in [1.807, 2.05) is 48.0 Å². The third-order valence-electron chi connectivity index (χ3n) is 6.86. The maximum Gasteiger partial charge on any atom is 0.303 e. The van der Waals surface area contributed by atoms with Crippen LogP contribution in [0.3, 0.4) is 0 Å².